The molecule has 0 saturated heterocycles. The van der Waals surface area contributed by atoms with Crippen LogP contribution in [0, 0.1) is 12.7 Å². The molecule has 0 aliphatic rings. The summed E-state index contributed by atoms with van der Waals surface area (Å²) in [5.41, 5.74) is 2.95. The van der Waals surface area contributed by atoms with E-state index in [1.165, 1.54) is 12.1 Å². The number of hydrogen-bond donors (Lipinski definition) is 1. The van der Waals surface area contributed by atoms with E-state index < -0.39 is 0 Å². The summed E-state index contributed by atoms with van der Waals surface area (Å²) in [5.74, 6) is -0.341. The fourth-order valence-electron chi connectivity index (χ4n) is 2.92. The first-order valence-corrected chi connectivity index (χ1v) is 8.70. The summed E-state index contributed by atoms with van der Waals surface area (Å²) in [6, 6.07) is 15.6. The van der Waals surface area contributed by atoms with Gasteiger partial charge in [0.1, 0.15) is 22.8 Å². The van der Waals surface area contributed by atoms with Crippen LogP contribution in [0.1, 0.15) is 21.7 Å². The molecule has 0 atom stereocenters. The summed E-state index contributed by atoms with van der Waals surface area (Å²) in [6.07, 6.45) is 3.34. The summed E-state index contributed by atoms with van der Waals surface area (Å²) in [4.78, 5) is 12.8. The van der Waals surface area contributed by atoms with Crippen LogP contribution in [-0.2, 0) is 6.54 Å². The second-order valence-electron chi connectivity index (χ2n) is 6.34. The normalized spacial score (nSPS) is 10.8. The maximum absolute atomic E-state index is 13.2. The number of amides is 1. The predicted octanol–water partition coefficient (Wildman–Crippen LogP) is 4.29. The molecule has 28 heavy (non-hydrogen) atoms. The average Bonchev–Trinajstić information content (AvgIpc) is 3.29. The van der Waals surface area contributed by atoms with Crippen LogP contribution in [0.3, 0.4) is 0 Å². The molecule has 4 aromatic rings. The Morgan fingerprint density at radius 3 is 2.64 bits per heavy atom. The van der Waals surface area contributed by atoms with Crippen LogP contribution in [-0.4, -0.2) is 20.8 Å². The quantitative estimate of drug-likeness (QED) is 0.564. The molecule has 1 N–H and O–H groups in total. The second-order valence-corrected chi connectivity index (χ2v) is 6.34. The zero-order valence-electron chi connectivity index (χ0n) is 15.1. The fraction of sp³-hybridized carbons (Fsp3) is 0.0952. The van der Waals surface area contributed by atoms with Crippen molar-refractivity contribution in [3.63, 3.8) is 0 Å². The number of halogens is 1. The van der Waals surface area contributed by atoms with Crippen molar-refractivity contribution in [2.45, 2.75) is 13.5 Å². The number of aromatic nitrogens is 3. The lowest BCUT2D eigenvalue weighted by molar-refractivity contribution is 0.102. The number of nitrogens with zero attached hydrogens (tertiary/aromatic N) is 3. The van der Waals surface area contributed by atoms with Crippen molar-refractivity contribution in [3.05, 3.63) is 89.7 Å². The van der Waals surface area contributed by atoms with Crippen LogP contribution in [0.25, 0.3) is 11.3 Å². The molecule has 0 bridgehead atoms. The maximum atomic E-state index is 13.2. The second kappa shape index (κ2) is 7.48. The lowest BCUT2D eigenvalue weighted by Gasteiger charge is -2.04. The lowest BCUT2D eigenvalue weighted by atomic mass is 10.1. The van der Waals surface area contributed by atoms with Gasteiger partial charge in [0.15, 0.2) is 0 Å². The number of benzene rings is 2. The molecule has 0 radical (unpaired) electrons. The monoisotopic (exact) mass is 376 g/mol. The minimum atomic E-state index is -0.364. The Morgan fingerprint density at radius 1 is 1.14 bits per heavy atom. The molecule has 6 nitrogen and oxygen atoms in total. The first kappa shape index (κ1) is 17.7. The van der Waals surface area contributed by atoms with E-state index in [0.717, 1.165) is 5.56 Å². The summed E-state index contributed by atoms with van der Waals surface area (Å²) < 4.78 is 20.1. The molecule has 0 spiro atoms. The van der Waals surface area contributed by atoms with Gasteiger partial charge in [-0.15, -0.1) is 0 Å². The van der Waals surface area contributed by atoms with Gasteiger partial charge in [0, 0.05) is 11.8 Å². The summed E-state index contributed by atoms with van der Waals surface area (Å²) in [5, 5.41) is 11.1. The van der Waals surface area contributed by atoms with Gasteiger partial charge in [0.2, 0.25) is 0 Å². The summed E-state index contributed by atoms with van der Waals surface area (Å²) in [6.45, 7) is 2.26. The first-order valence-electron chi connectivity index (χ1n) is 8.70. The molecule has 7 heteroatoms. The van der Waals surface area contributed by atoms with Crippen molar-refractivity contribution in [2.24, 2.45) is 0 Å². The van der Waals surface area contributed by atoms with Crippen molar-refractivity contribution in [1.82, 2.24) is 14.9 Å². The Kier molecular flexibility index (Phi) is 4.72. The summed E-state index contributed by atoms with van der Waals surface area (Å²) >= 11 is 0. The van der Waals surface area contributed by atoms with Gasteiger partial charge in [0.05, 0.1) is 18.4 Å². The van der Waals surface area contributed by atoms with Crippen molar-refractivity contribution in [2.75, 3.05) is 5.32 Å². The molecule has 2 aromatic heterocycles. The first-order chi connectivity index (χ1) is 13.6. The number of carbonyl (C=O) groups is 1. The smallest absolute Gasteiger partial charge is 0.261 e. The molecular formula is C21H17FN4O2. The van der Waals surface area contributed by atoms with Gasteiger partial charge in [-0.25, -0.2) is 4.39 Å². The number of nitrogens with one attached hydrogen (secondary N) is 1. The van der Waals surface area contributed by atoms with Gasteiger partial charge in [-0.3, -0.25) is 9.48 Å². The topological polar surface area (TPSA) is 73.0 Å². The molecule has 140 valence electrons. The molecule has 2 aromatic carbocycles. The van der Waals surface area contributed by atoms with Crippen LogP contribution in [0.15, 0.2) is 71.5 Å². The Hall–Kier alpha value is -3.74. The van der Waals surface area contributed by atoms with E-state index >= 15 is 0 Å². The van der Waals surface area contributed by atoms with Crippen molar-refractivity contribution in [3.8, 4) is 11.3 Å². The highest BCUT2D eigenvalue weighted by molar-refractivity contribution is 6.08. The molecule has 0 aliphatic carbocycles. The highest BCUT2D eigenvalue weighted by atomic mass is 19.1. The molecule has 0 fully saturated rings. The Labute approximate surface area is 160 Å². The van der Waals surface area contributed by atoms with Gasteiger partial charge in [0.25, 0.3) is 5.91 Å². The van der Waals surface area contributed by atoms with E-state index in [4.69, 9.17) is 4.52 Å². The van der Waals surface area contributed by atoms with Gasteiger partial charge in [-0.05, 0) is 36.8 Å². The molecule has 0 saturated carbocycles. The fourth-order valence-corrected chi connectivity index (χ4v) is 2.92. The minimum absolute atomic E-state index is 0.308. The molecule has 2 heterocycles. The van der Waals surface area contributed by atoms with Crippen molar-refractivity contribution in [1.29, 1.82) is 0 Å². The zero-order valence-corrected chi connectivity index (χ0v) is 15.1. The molecular weight excluding hydrogens is 359 g/mol. The van der Waals surface area contributed by atoms with Crippen LogP contribution in [0.5, 0.6) is 0 Å². The van der Waals surface area contributed by atoms with Crippen LogP contribution < -0.4 is 5.32 Å². The van der Waals surface area contributed by atoms with Crippen molar-refractivity contribution < 1.29 is 13.7 Å². The number of anilines is 1. The summed E-state index contributed by atoms with van der Waals surface area (Å²) in [7, 11) is 0. The van der Waals surface area contributed by atoms with Crippen molar-refractivity contribution >= 4 is 11.6 Å². The number of carbonyl (C=O) groups excluding carboxylic acids is 1. The van der Waals surface area contributed by atoms with E-state index in [9.17, 15) is 9.18 Å². The highest BCUT2D eigenvalue weighted by Gasteiger charge is 2.22. The van der Waals surface area contributed by atoms with Gasteiger partial charge in [-0.1, -0.05) is 35.5 Å². The predicted molar refractivity (Wildman–Crippen MR) is 102 cm³/mol. The number of aryl methyl sites for hydroxylation is 1. The third-order valence-electron chi connectivity index (χ3n) is 4.29. The van der Waals surface area contributed by atoms with E-state index in [1.807, 2.05) is 30.3 Å². The van der Waals surface area contributed by atoms with Gasteiger partial charge >= 0.3 is 0 Å². The van der Waals surface area contributed by atoms with E-state index in [2.05, 4.69) is 15.6 Å². The van der Waals surface area contributed by atoms with Gasteiger partial charge in [-0.2, -0.15) is 5.10 Å². The molecule has 1 amide bonds. The van der Waals surface area contributed by atoms with Crippen LogP contribution in [0.4, 0.5) is 10.1 Å². The van der Waals surface area contributed by atoms with E-state index in [1.54, 1.807) is 36.1 Å². The SMILES string of the molecule is Cc1onc(-c2ccc(F)cc2)c1C(=O)Nc1cnn(Cc2ccccc2)c1. The number of hydrogen-bond acceptors (Lipinski definition) is 4. The molecule has 0 aliphatic heterocycles. The standard InChI is InChI=1S/C21H17FN4O2/c1-14-19(20(25-28-14)16-7-9-17(22)10-8-16)21(27)24-18-11-23-26(13-18)12-15-5-3-2-4-6-15/h2-11,13H,12H2,1H3,(H,24,27). The lowest BCUT2D eigenvalue weighted by Crippen LogP contribution is -2.13. The van der Waals surface area contributed by atoms with E-state index in [0.29, 0.717) is 34.8 Å². The van der Waals surface area contributed by atoms with Crippen LogP contribution >= 0.6 is 0 Å². The minimum Gasteiger partial charge on any atom is -0.360 e. The third-order valence-corrected chi connectivity index (χ3v) is 4.29. The van der Waals surface area contributed by atoms with Gasteiger partial charge < -0.3 is 9.84 Å². The molecule has 0 unspecified atom stereocenters. The Morgan fingerprint density at radius 2 is 1.89 bits per heavy atom. The Balaban J connectivity index is 1.53. The highest BCUT2D eigenvalue weighted by Crippen LogP contribution is 2.26. The Bertz CT molecular complexity index is 1100. The van der Waals surface area contributed by atoms with E-state index in [-0.39, 0.29) is 11.7 Å². The average molecular weight is 376 g/mol. The zero-order chi connectivity index (χ0) is 19.5. The third kappa shape index (κ3) is 3.68. The maximum Gasteiger partial charge on any atom is 0.261 e. The largest absolute Gasteiger partial charge is 0.360 e. The molecule has 4 rings (SSSR count). The number of rotatable bonds is 5. The van der Waals surface area contributed by atoms with Crippen LogP contribution in [0.2, 0.25) is 0 Å².